The lowest BCUT2D eigenvalue weighted by molar-refractivity contribution is -0.122. The molecular formula is C19H20N2O6S. The summed E-state index contributed by atoms with van der Waals surface area (Å²) in [7, 11) is -3.58. The summed E-state index contributed by atoms with van der Waals surface area (Å²) < 4.78 is 36.0. The highest BCUT2D eigenvalue weighted by molar-refractivity contribution is 7.92. The molecule has 0 aliphatic carbocycles. The van der Waals surface area contributed by atoms with Crippen molar-refractivity contribution in [2.24, 2.45) is 0 Å². The van der Waals surface area contributed by atoms with Crippen molar-refractivity contribution in [3.05, 3.63) is 54.1 Å². The van der Waals surface area contributed by atoms with Crippen LogP contribution in [0.5, 0.6) is 5.75 Å². The summed E-state index contributed by atoms with van der Waals surface area (Å²) >= 11 is 0. The van der Waals surface area contributed by atoms with Gasteiger partial charge in [-0.3, -0.25) is 9.10 Å². The summed E-state index contributed by atoms with van der Waals surface area (Å²) in [5, 5.41) is 2.68. The van der Waals surface area contributed by atoms with E-state index in [9.17, 15) is 18.0 Å². The van der Waals surface area contributed by atoms with Crippen LogP contribution >= 0.6 is 0 Å². The standard InChI is InChI=1S/C19H20N2O6S/c1-3-26-19(23)13-8-10-14(11-9-13)20-18(22)17-12-21(28(2,24)25)15-6-4-5-7-16(15)27-17/h4-11,17H,3,12H2,1-2H3,(H,20,22)/t17-/m0/s1. The maximum Gasteiger partial charge on any atom is 0.338 e. The van der Waals surface area contributed by atoms with E-state index in [2.05, 4.69) is 5.32 Å². The molecule has 3 rings (SSSR count). The van der Waals surface area contributed by atoms with Crippen LogP contribution in [0.4, 0.5) is 11.4 Å². The van der Waals surface area contributed by atoms with Gasteiger partial charge in [-0.2, -0.15) is 0 Å². The van der Waals surface area contributed by atoms with Crippen LogP contribution in [0, 0.1) is 0 Å². The Morgan fingerprint density at radius 2 is 1.86 bits per heavy atom. The average Bonchev–Trinajstić information content (AvgIpc) is 2.67. The highest BCUT2D eigenvalue weighted by atomic mass is 32.2. The molecule has 2 aromatic rings. The first kappa shape index (κ1) is 19.7. The third kappa shape index (κ3) is 4.25. The van der Waals surface area contributed by atoms with Crippen molar-refractivity contribution in [1.82, 2.24) is 0 Å². The Balaban J connectivity index is 1.75. The minimum absolute atomic E-state index is 0.136. The number of rotatable bonds is 5. The van der Waals surface area contributed by atoms with Crippen molar-refractivity contribution < 1.29 is 27.5 Å². The van der Waals surface area contributed by atoms with Crippen LogP contribution in [0.1, 0.15) is 17.3 Å². The number of carbonyl (C=O) groups is 2. The Bertz CT molecular complexity index is 988. The van der Waals surface area contributed by atoms with Gasteiger partial charge in [0.05, 0.1) is 30.7 Å². The summed E-state index contributed by atoms with van der Waals surface area (Å²) in [5.41, 5.74) is 1.21. The molecule has 0 radical (unpaired) electrons. The smallest absolute Gasteiger partial charge is 0.338 e. The summed E-state index contributed by atoms with van der Waals surface area (Å²) in [5.74, 6) is -0.625. The van der Waals surface area contributed by atoms with Gasteiger partial charge in [0.2, 0.25) is 10.0 Å². The molecule has 0 aromatic heterocycles. The third-order valence-electron chi connectivity index (χ3n) is 4.09. The van der Waals surface area contributed by atoms with Crippen molar-refractivity contribution in [3.63, 3.8) is 0 Å². The molecular weight excluding hydrogens is 384 g/mol. The molecule has 0 bridgehead atoms. The second kappa shape index (κ2) is 7.89. The maximum absolute atomic E-state index is 12.6. The maximum atomic E-state index is 12.6. The molecule has 148 valence electrons. The Morgan fingerprint density at radius 3 is 2.50 bits per heavy atom. The average molecular weight is 404 g/mol. The minimum atomic E-state index is -3.58. The predicted octanol–water partition coefficient (Wildman–Crippen LogP) is 2.03. The van der Waals surface area contributed by atoms with Gasteiger partial charge < -0.3 is 14.8 Å². The lowest BCUT2D eigenvalue weighted by Crippen LogP contribution is -2.48. The van der Waals surface area contributed by atoms with Crippen LogP contribution in [0.2, 0.25) is 0 Å². The number of anilines is 2. The number of carbonyl (C=O) groups excluding carboxylic acids is 2. The molecule has 1 heterocycles. The third-order valence-corrected chi connectivity index (χ3v) is 5.24. The molecule has 1 aliphatic heterocycles. The van der Waals surface area contributed by atoms with Crippen molar-refractivity contribution in [3.8, 4) is 5.75 Å². The number of nitrogens with one attached hydrogen (secondary N) is 1. The van der Waals surface area contributed by atoms with E-state index in [1.165, 1.54) is 12.1 Å². The molecule has 0 unspecified atom stereocenters. The second-order valence-electron chi connectivity index (χ2n) is 6.16. The fraction of sp³-hybridized carbons (Fsp3) is 0.263. The highest BCUT2D eigenvalue weighted by Crippen LogP contribution is 2.34. The van der Waals surface area contributed by atoms with Gasteiger partial charge in [0, 0.05) is 5.69 Å². The van der Waals surface area contributed by atoms with E-state index in [0.29, 0.717) is 22.7 Å². The number of hydrogen-bond donors (Lipinski definition) is 1. The number of amides is 1. The summed E-state index contributed by atoms with van der Waals surface area (Å²) in [6.07, 6.45) is 0.0624. The Labute approximate surface area is 163 Å². The zero-order chi connectivity index (χ0) is 20.3. The predicted molar refractivity (Wildman–Crippen MR) is 104 cm³/mol. The van der Waals surface area contributed by atoms with Crippen LogP contribution < -0.4 is 14.4 Å². The van der Waals surface area contributed by atoms with E-state index in [1.807, 2.05) is 0 Å². The van der Waals surface area contributed by atoms with Gasteiger partial charge in [0.15, 0.2) is 6.10 Å². The molecule has 0 fully saturated rings. The Morgan fingerprint density at radius 1 is 1.18 bits per heavy atom. The quantitative estimate of drug-likeness (QED) is 0.765. The molecule has 1 aliphatic rings. The van der Waals surface area contributed by atoms with Crippen LogP contribution in [0.3, 0.4) is 0 Å². The largest absolute Gasteiger partial charge is 0.476 e. The number of ether oxygens (including phenoxy) is 2. The highest BCUT2D eigenvalue weighted by Gasteiger charge is 2.34. The molecule has 2 aromatic carbocycles. The number of sulfonamides is 1. The van der Waals surface area contributed by atoms with E-state index in [4.69, 9.17) is 9.47 Å². The van der Waals surface area contributed by atoms with E-state index in [-0.39, 0.29) is 13.2 Å². The fourth-order valence-electron chi connectivity index (χ4n) is 2.78. The second-order valence-corrected chi connectivity index (χ2v) is 8.06. The molecule has 1 atom stereocenters. The number of benzene rings is 2. The normalized spacial score (nSPS) is 15.9. The van der Waals surface area contributed by atoms with Crippen LogP contribution in [-0.2, 0) is 19.6 Å². The summed E-state index contributed by atoms with van der Waals surface area (Å²) in [4.78, 5) is 24.3. The number of hydrogen-bond acceptors (Lipinski definition) is 6. The topological polar surface area (TPSA) is 102 Å². The monoisotopic (exact) mass is 404 g/mol. The van der Waals surface area contributed by atoms with E-state index in [0.717, 1.165) is 10.6 Å². The first-order chi connectivity index (χ1) is 13.3. The number of nitrogens with zero attached hydrogens (tertiary/aromatic N) is 1. The summed E-state index contributed by atoms with van der Waals surface area (Å²) in [6.45, 7) is 1.85. The van der Waals surface area contributed by atoms with Crippen LogP contribution in [0.15, 0.2) is 48.5 Å². The van der Waals surface area contributed by atoms with Gasteiger partial charge in [0.25, 0.3) is 5.91 Å². The van der Waals surface area contributed by atoms with Gasteiger partial charge in [-0.05, 0) is 43.3 Å². The van der Waals surface area contributed by atoms with E-state index >= 15 is 0 Å². The van der Waals surface area contributed by atoms with E-state index < -0.39 is 28.0 Å². The zero-order valence-corrected chi connectivity index (χ0v) is 16.2. The van der Waals surface area contributed by atoms with Gasteiger partial charge in [-0.15, -0.1) is 0 Å². The minimum Gasteiger partial charge on any atom is -0.476 e. The van der Waals surface area contributed by atoms with Gasteiger partial charge >= 0.3 is 5.97 Å². The van der Waals surface area contributed by atoms with Crippen molar-refractivity contribution in [1.29, 1.82) is 0 Å². The molecule has 0 saturated carbocycles. The number of para-hydroxylation sites is 2. The Hall–Kier alpha value is -3.07. The zero-order valence-electron chi connectivity index (χ0n) is 15.4. The molecule has 9 heteroatoms. The first-order valence-corrected chi connectivity index (χ1v) is 10.5. The molecule has 0 saturated heterocycles. The Kier molecular flexibility index (Phi) is 5.55. The molecule has 0 spiro atoms. The summed E-state index contributed by atoms with van der Waals surface area (Å²) in [6, 6.07) is 12.8. The molecule has 1 amide bonds. The van der Waals surface area contributed by atoms with Gasteiger partial charge in [-0.1, -0.05) is 12.1 Å². The lowest BCUT2D eigenvalue weighted by atomic mass is 10.2. The van der Waals surface area contributed by atoms with Crippen LogP contribution in [0.25, 0.3) is 0 Å². The van der Waals surface area contributed by atoms with Gasteiger partial charge in [0.1, 0.15) is 5.75 Å². The van der Waals surface area contributed by atoms with Crippen molar-refractivity contribution >= 4 is 33.3 Å². The first-order valence-electron chi connectivity index (χ1n) is 8.61. The molecule has 1 N–H and O–H groups in total. The van der Waals surface area contributed by atoms with Crippen LogP contribution in [-0.4, -0.2) is 45.8 Å². The lowest BCUT2D eigenvalue weighted by Gasteiger charge is -2.33. The number of esters is 1. The SMILES string of the molecule is CCOC(=O)c1ccc(NC(=O)[C@@H]2CN(S(C)(=O)=O)c3ccccc3O2)cc1. The van der Waals surface area contributed by atoms with Crippen molar-refractivity contribution in [2.45, 2.75) is 13.0 Å². The molecule has 8 nitrogen and oxygen atoms in total. The van der Waals surface area contributed by atoms with Gasteiger partial charge in [-0.25, -0.2) is 13.2 Å². The fourth-order valence-corrected chi connectivity index (χ4v) is 3.69. The molecule has 28 heavy (non-hydrogen) atoms. The number of fused-ring (bicyclic) bond motifs is 1. The van der Waals surface area contributed by atoms with Crippen molar-refractivity contribution in [2.75, 3.05) is 29.0 Å². The van der Waals surface area contributed by atoms with E-state index in [1.54, 1.807) is 43.3 Å².